The molecule has 32 heavy (non-hydrogen) atoms. The summed E-state index contributed by atoms with van der Waals surface area (Å²) in [6.07, 6.45) is 1.86. The van der Waals surface area contributed by atoms with Crippen molar-refractivity contribution in [1.82, 2.24) is 28.0 Å². The smallest absolute Gasteiger partial charge is 0.332 e. The molecule has 0 unspecified atom stereocenters. The van der Waals surface area contributed by atoms with Gasteiger partial charge in [0.1, 0.15) is 12.4 Å². The third-order valence-electron chi connectivity index (χ3n) is 6.02. The fourth-order valence-corrected chi connectivity index (χ4v) is 4.21. The van der Waals surface area contributed by atoms with Gasteiger partial charge in [0, 0.05) is 51.3 Å². The number of ether oxygens (including phenoxy) is 2. The zero-order valence-corrected chi connectivity index (χ0v) is 18.4. The average Bonchev–Trinajstić information content (AvgIpc) is 3.32. The third-order valence-corrected chi connectivity index (χ3v) is 6.02. The largest absolute Gasteiger partial charge is 0.492 e. The average molecular weight is 438 g/mol. The number of nitrogens with zero attached hydrogens (tertiary/aromatic N) is 6. The molecule has 0 bridgehead atoms. The SMILES string of the molecule is Cc1cn2c3c(=O)n(C)c(=O)n(C)c3nc2n1-c1ccc(OCCN2CCOCC2)cc1. The molecule has 168 valence electrons. The van der Waals surface area contributed by atoms with Crippen LogP contribution in [0.2, 0.25) is 0 Å². The summed E-state index contributed by atoms with van der Waals surface area (Å²) in [5.41, 5.74) is 1.81. The van der Waals surface area contributed by atoms with Gasteiger partial charge in [-0.15, -0.1) is 0 Å². The number of morpholine rings is 1. The maximum atomic E-state index is 12.7. The molecule has 1 fully saturated rings. The fourth-order valence-electron chi connectivity index (χ4n) is 4.21. The number of hydrogen-bond donors (Lipinski definition) is 0. The van der Waals surface area contributed by atoms with Crippen LogP contribution in [-0.2, 0) is 18.8 Å². The number of fused-ring (bicyclic) bond motifs is 3. The van der Waals surface area contributed by atoms with Crippen molar-refractivity contribution in [2.75, 3.05) is 39.5 Å². The van der Waals surface area contributed by atoms with Gasteiger partial charge >= 0.3 is 5.69 Å². The van der Waals surface area contributed by atoms with E-state index in [2.05, 4.69) is 9.88 Å². The highest BCUT2D eigenvalue weighted by Crippen LogP contribution is 2.22. The molecule has 0 N–H and O–H groups in total. The van der Waals surface area contributed by atoms with E-state index in [1.54, 1.807) is 11.4 Å². The second kappa shape index (κ2) is 7.95. The molecular formula is C22H26N6O4. The Balaban J connectivity index is 1.45. The van der Waals surface area contributed by atoms with Gasteiger partial charge in [0.2, 0.25) is 5.78 Å². The summed E-state index contributed by atoms with van der Waals surface area (Å²) in [5.74, 6) is 1.38. The molecule has 4 aromatic rings. The molecule has 10 nitrogen and oxygen atoms in total. The number of aryl methyl sites for hydroxylation is 2. The van der Waals surface area contributed by atoms with Crippen LogP contribution in [0.3, 0.4) is 0 Å². The molecule has 0 saturated carbocycles. The van der Waals surface area contributed by atoms with Gasteiger partial charge < -0.3 is 9.47 Å². The van der Waals surface area contributed by atoms with Crippen molar-refractivity contribution >= 4 is 16.9 Å². The zero-order valence-electron chi connectivity index (χ0n) is 18.4. The van der Waals surface area contributed by atoms with E-state index in [9.17, 15) is 9.59 Å². The molecule has 0 aliphatic carbocycles. The van der Waals surface area contributed by atoms with Crippen LogP contribution in [0, 0.1) is 6.92 Å². The fraction of sp³-hybridized carbons (Fsp3) is 0.409. The minimum Gasteiger partial charge on any atom is -0.492 e. The first-order valence-electron chi connectivity index (χ1n) is 10.6. The van der Waals surface area contributed by atoms with Gasteiger partial charge in [-0.1, -0.05) is 0 Å². The third kappa shape index (κ3) is 3.32. The molecule has 1 aliphatic heterocycles. The summed E-state index contributed by atoms with van der Waals surface area (Å²) in [5, 5.41) is 0. The minimum atomic E-state index is -0.398. The van der Waals surface area contributed by atoms with Crippen LogP contribution < -0.4 is 16.0 Å². The number of rotatable bonds is 5. The Kier molecular flexibility index (Phi) is 5.10. The van der Waals surface area contributed by atoms with Gasteiger partial charge in [-0.25, -0.2) is 4.79 Å². The highest BCUT2D eigenvalue weighted by atomic mass is 16.5. The molecule has 10 heteroatoms. The Labute approximate surface area is 183 Å². The molecule has 3 aromatic heterocycles. The molecule has 0 atom stereocenters. The zero-order chi connectivity index (χ0) is 22.4. The van der Waals surface area contributed by atoms with Gasteiger partial charge in [-0.3, -0.25) is 27.8 Å². The maximum absolute atomic E-state index is 12.7. The number of imidazole rings is 2. The summed E-state index contributed by atoms with van der Waals surface area (Å²) < 4.78 is 17.5. The second-order valence-corrected chi connectivity index (χ2v) is 8.06. The van der Waals surface area contributed by atoms with Crippen LogP contribution in [0.15, 0.2) is 40.1 Å². The quantitative estimate of drug-likeness (QED) is 0.456. The standard InChI is InChI=1S/C22H26N6O4/c1-15-14-27-18-19(24(2)22(30)25(3)20(18)29)23-21(27)28(15)16-4-6-17(7-5-16)32-13-10-26-8-11-31-12-9-26/h4-7,14H,8-13H2,1-3H3. The first-order chi connectivity index (χ1) is 15.5. The van der Waals surface area contributed by atoms with Crippen LogP contribution in [0.25, 0.3) is 22.6 Å². The van der Waals surface area contributed by atoms with E-state index in [0.717, 1.165) is 54.5 Å². The Morgan fingerprint density at radius 1 is 1.06 bits per heavy atom. The van der Waals surface area contributed by atoms with Crippen LogP contribution in [0.4, 0.5) is 0 Å². The van der Waals surface area contributed by atoms with Crippen molar-refractivity contribution in [2.24, 2.45) is 14.1 Å². The molecule has 1 saturated heterocycles. The molecule has 0 spiro atoms. The Morgan fingerprint density at radius 3 is 2.50 bits per heavy atom. The van der Waals surface area contributed by atoms with E-state index >= 15 is 0 Å². The maximum Gasteiger partial charge on any atom is 0.332 e. The van der Waals surface area contributed by atoms with E-state index < -0.39 is 5.69 Å². The minimum absolute atomic E-state index is 0.364. The summed E-state index contributed by atoms with van der Waals surface area (Å²) in [4.78, 5) is 32.0. The van der Waals surface area contributed by atoms with E-state index in [-0.39, 0.29) is 5.56 Å². The molecule has 4 heterocycles. The van der Waals surface area contributed by atoms with Gasteiger partial charge in [-0.2, -0.15) is 4.98 Å². The monoisotopic (exact) mass is 438 g/mol. The van der Waals surface area contributed by atoms with E-state index in [4.69, 9.17) is 9.47 Å². The van der Waals surface area contributed by atoms with Crippen LogP contribution in [0.5, 0.6) is 5.75 Å². The normalized spacial score (nSPS) is 15.1. The molecular weight excluding hydrogens is 412 g/mol. The van der Waals surface area contributed by atoms with E-state index in [0.29, 0.717) is 23.5 Å². The lowest BCUT2D eigenvalue weighted by Gasteiger charge is -2.26. The predicted molar refractivity (Wildman–Crippen MR) is 120 cm³/mol. The topological polar surface area (TPSA) is 87.9 Å². The van der Waals surface area contributed by atoms with Crippen molar-refractivity contribution < 1.29 is 9.47 Å². The van der Waals surface area contributed by atoms with Crippen molar-refractivity contribution in [3.63, 3.8) is 0 Å². The first-order valence-corrected chi connectivity index (χ1v) is 10.6. The van der Waals surface area contributed by atoms with E-state index in [1.807, 2.05) is 42.0 Å². The Bertz CT molecular complexity index is 1400. The van der Waals surface area contributed by atoms with Crippen molar-refractivity contribution in [1.29, 1.82) is 0 Å². The first kappa shape index (κ1) is 20.5. The number of benzene rings is 1. The lowest BCUT2D eigenvalue weighted by Crippen LogP contribution is -2.38. The van der Waals surface area contributed by atoms with Crippen LogP contribution in [0.1, 0.15) is 5.69 Å². The number of hydrogen-bond acceptors (Lipinski definition) is 6. The lowest BCUT2D eigenvalue weighted by atomic mass is 10.3. The molecule has 1 aromatic carbocycles. The Hall–Kier alpha value is -3.37. The highest BCUT2D eigenvalue weighted by molar-refractivity contribution is 5.76. The van der Waals surface area contributed by atoms with Gasteiger partial charge in [0.15, 0.2) is 11.2 Å². The van der Waals surface area contributed by atoms with Gasteiger partial charge in [0.25, 0.3) is 5.56 Å². The van der Waals surface area contributed by atoms with Crippen molar-refractivity contribution in [3.8, 4) is 11.4 Å². The summed E-state index contributed by atoms with van der Waals surface area (Å²) in [7, 11) is 3.10. The molecule has 0 radical (unpaired) electrons. The van der Waals surface area contributed by atoms with E-state index in [1.165, 1.54) is 11.6 Å². The predicted octanol–water partition coefficient (Wildman–Crippen LogP) is 0.695. The van der Waals surface area contributed by atoms with Gasteiger partial charge in [0.05, 0.1) is 13.2 Å². The summed E-state index contributed by atoms with van der Waals surface area (Å²) in [6, 6.07) is 7.80. The number of aromatic nitrogens is 5. The van der Waals surface area contributed by atoms with Gasteiger partial charge in [-0.05, 0) is 31.2 Å². The summed E-state index contributed by atoms with van der Waals surface area (Å²) in [6.45, 7) is 6.90. The van der Waals surface area contributed by atoms with Crippen LogP contribution >= 0.6 is 0 Å². The molecule has 0 amide bonds. The van der Waals surface area contributed by atoms with Crippen LogP contribution in [-0.4, -0.2) is 67.4 Å². The van der Waals surface area contributed by atoms with Crippen molar-refractivity contribution in [3.05, 3.63) is 57.0 Å². The van der Waals surface area contributed by atoms with Crippen molar-refractivity contribution in [2.45, 2.75) is 6.92 Å². The Morgan fingerprint density at radius 2 is 1.78 bits per heavy atom. The lowest BCUT2D eigenvalue weighted by molar-refractivity contribution is 0.0322. The highest BCUT2D eigenvalue weighted by Gasteiger charge is 2.19. The second-order valence-electron chi connectivity index (χ2n) is 8.06. The molecule has 1 aliphatic rings. The molecule has 5 rings (SSSR count). The summed E-state index contributed by atoms with van der Waals surface area (Å²) >= 11 is 0.